The predicted octanol–water partition coefficient (Wildman–Crippen LogP) is 7.09. The van der Waals surface area contributed by atoms with E-state index in [-0.39, 0.29) is 39.8 Å². The summed E-state index contributed by atoms with van der Waals surface area (Å²) >= 11 is 1.34. The van der Waals surface area contributed by atoms with Crippen molar-refractivity contribution in [2.45, 2.75) is 69.9 Å². The Labute approximate surface area is 291 Å². The Bertz CT molecular complexity index is 2010. The van der Waals surface area contributed by atoms with Crippen LogP contribution in [0.4, 0.5) is 27.2 Å². The fourth-order valence-electron chi connectivity index (χ4n) is 6.50. The van der Waals surface area contributed by atoms with E-state index in [2.05, 4.69) is 10.6 Å². The Morgan fingerprint density at radius 1 is 0.680 bits per heavy atom. The van der Waals surface area contributed by atoms with Crippen LogP contribution in [0.2, 0.25) is 0 Å². The number of carbonyl (C=O) groups is 2. The lowest BCUT2D eigenvalue weighted by Crippen LogP contribution is -2.34. The second-order valence-electron chi connectivity index (χ2n) is 12.1. The number of fused-ring (bicyclic) bond motifs is 2. The molecule has 0 radical (unpaired) electrons. The van der Waals surface area contributed by atoms with Gasteiger partial charge in [-0.15, -0.1) is 0 Å². The minimum absolute atomic E-state index is 0.0607. The second kappa shape index (κ2) is 16.0. The van der Waals surface area contributed by atoms with Crippen LogP contribution in [0.5, 0.6) is 0 Å². The van der Waals surface area contributed by atoms with Gasteiger partial charge < -0.3 is 22.1 Å². The van der Waals surface area contributed by atoms with Crippen molar-refractivity contribution in [3.8, 4) is 0 Å². The molecule has 0 saturated carbocycles. The zero-order valence-electron chi connectivity index (χ0n) is 26.9. The van der Waals surface area contributed by atoms with Crippen LogP contribution in [-0.4, -0.2) is 33.6 Å². The van der Waals surface area contributed by atoms with Crippen LogP contribution in [0, 0.1) is 23.3 Å². The predicted molar refractivity (Wildman–Crippen MR) is 182 cm³/mol. The fourth-order valence-corrected chi connectivity index (χ4v) is 8.80. The summed E-state index contributed by atoms with van der Waals surface area (Å²) in [5.41, 5.74) is 12.8. The highest BCUT2D eigenvalue weighted by molar-refractivity contribution is 7.99. The fraction of sp³-hybridized carbons (Fsp3) is 0.278. The molecule has 0 bridgehead atoms. The number of hydrogen-bond acceptors (Lipinski definition) is 5. The maximum Gasteiger partial charge on any atom is 0.312 e. The topological polar surface area (TPSA) is 144 Å². The molecule has 0 fully saturated rings. The number of halogens is 4. The van der Waals surface area contributed by atoms with Crippen LogP contribution >= 0.6 is 11.8 Å². The van der Waals surface area contributed by atoms with Gasteiger partial charge >= 0.3 is 12.1 Å². The van der Waals surface area contributed by atoms with Gasteiger partial charge in [-0.1, -0.05) is 23.9 Å². The van der Waals surface area contributed by atoms with Crippen LogP contribution in [0.25, 0.3) is 0 Å². The summed E-state index contributed by atoms with van der Waals surface area (Å²) in [4.78, 5) is 22.9. The lowest BCUT2D eigenvalue weighted by Gasteiger charge is -2.26. The molecule has 2 atom stereocenters. The number of aryl methyl sites for hydroxylation is 2. The molecule has 6 N–H and O–H groups in total. The molecule has 2 aliphatic rings. The summed E-state index contributed by atoms with van der Waals surface area (Å²) in [5, 5.41) is 5.04. The van der Waals surface area contributed by atoms with Crippen LogP contribution < -0.4 is 22.1 Å². The molecule has 0 heterocycles. The molecule has 2 aliphatic carbocycles. The minimum Gasteiger partial charge on any atom is -0.352 e. The number of nitrogens with two attached hydrogens (primary N) is 2. The van der Waals surface area contributed by atoms with Gasteiger partial charge in [0.15, 0.2) is 0 Å². The van der Waals surface area contributed by atoms with Crippen LogP contribution in [0.1, 0.15) is 59.8 Å². The Hall–Kier alpha value is -4.56. The van der Waals surface area contributed by atoms with Gasteiger partial charge in [0.2, 0.25) is 9.84 Å². The number of amides is 4. The number of nitrogens with one attached hydrogen (secondary N) is 2. The van der Waals surface area contributed by atoms with Crippen LogP contribution in [-0.2, 0) is 22.7 Å². The van der Waals surface area contributed by atoms with E-state index in [4.69, 9.17) is 11.5 Å². The number of primary amides is 2. The molecule has 0 unspecified atom stereocenters. The van der Waals surface area contributed by atoms with Gasteiger partial charge in [0.25, 0.3) is 0 Å². The number of hydrogen-bond donors (Lipinski definition) is 4. The SMILES string of the molecule is NC(=O)NC[C@@H]1CCCc2cc(S(=O)(=O)c3cccc(F)c3)cc(F)c21.NC(=O)NC[C@@H]1CCCc2cc(Sc3cccc(F)c3)cc(F)c21. The second-order valence-corrected chi connectivity index (χ2v) is 15.2. The summed E-state index contributed by atoms with van der Waals surface area (Å²) in [6.45, 7) is 0.533. The van der Waals surface area contributed by atoms with Crippen molar-refractivity contribution in [3.63, 3.8) is 0 Å². The average molecular weight is 729 g/mol. The Kier molecular flexibility index (Phi) is 11.7. The van der Waals surface area contributed by atoms with E-state index in [0.29, 0.717) is 36.1 Å². The summed E-state index contributed by atoms with van der Waals surface area (Å²) in [7, 11) is -4.03. The summed E-state index contributed by atoms with van der Waals surface area (Å²) in [6.07, 6.45) is 4.50. The molecule has 4 aromatic carbocycles. The van der Waals surface area contributed by atoms with Crippen LogP contribution in [0.15, 0.2) is 92.4 Å². The molecular weight excluding hydrogens is 693 g/mol. The van der Waals surface area contributed by atoms with Crippen molar-refractivity contribution in [3.05, 3.63) is 118 Å². The number of urea groups is 2. The maximum absolute atomic E-state index is 14.7. The van der Waals surface area contributed by atoms with E-state index in [1.807, 2.05) is 6.07 Å². The van der Waals surface area contributed by atoms with Crippen molar-refractivity contribution >= 4 is 33.7 Å². The first-order valence-corrected chi connectivity index (χ1v) is 18.3. The third kappa shape index (κ3) is 8.96. The summed E-state index contributed by atoms with van der Waals surface area (Å²) in [5.74, 6) is -2.24. The van der Waals surface area contributed by atoms with Crippen molar-refractivity contribution in [2.75, 3.05) is 13.1 Å². The quantitative estimate of drug-likeness (QED) is 0.143. The molecule has 4 aromatic rings. The van der Waals surface area contributed by atoms with Gasteiger partial charge in [-0.05, 0) is 121 Å². The van der Waals surface area contributed by atoms with Crippen molar-refractivity contribution in [2.24, 2.45) is 11.5 Å². The molecule has 14 heteroatoms. The average Bonchev–Trinajstić information content (AvgIpc) is 3.06. The summed E-state index contributed by atoms with van der Waals surface area (Å²) in [6, 6.07) is 15.4. The van der Waals surface area contributed by atoms with Gasteiger partial charge in [0.1, 0.15) is 23.3 Å². The van der Waals surface area contributed by atoms with E-state index >= 15 is 0 Å². The van der Waals surface area contributed by atoms with Crippen LogP contribution in [0.3, 0.4) is 0 Å². The highest BCUT2D eigenvalue weighted by Crippen LogP contribution is 2.38. The zero-order valence-corrected chi connectivity index (χ0v) is 28.5. The van der Waals surface area contributed by atoms with Gasteiger partial charge in [-0.2, -0.15) is 0 Å². The first-order valence-electron chi connectivity index (χ1n) is 16.0. The first kappa shape index (κ1) is 36.7. The minimum atomic E-state index is -4.03. The molecule has 6 rings (SSSR count). The van der Waals surface area contributed by atoms with Gasteiger partial charge in [0.05, 0.1) is 9.79 Å². The lowest BCUT2D eigenvalue weighted by molar-refractivity contribution is 0.247. The molecule has 50 heavy (non-hydrogen) atoms. The van der Waals surface area contributed by atoms with E-state index in [9.17, 15) is 35.6 Å². The number of benzene rings is 4. The molecule has 4 amide bonds. The molecule has 0 aliphatic heterocycles. The number of carbonyl (C=O) groups excluding carboxylic acids is 2. The molecule has 264 valence electrons. The van der Waals surface area contributed by atoms with Crippen molar-refractivity contribution < 1.29 is 35.6 Å². The molecule has 0 aromatic heterocycles. The smallest absolute Gasteiger partial charge is 0.312 e. The van der Waals surface area contributed by atoms with E-state index in [1.54, 1.807) is 12.1 Å². The van der Waals surface area contributed by atoms with Gasteiger partial charge in [-0.25, -0.2) is 35.6 Å². The molecule has 8 nitrogen and oxygen atoms in total. The molecular formula is C36H36F4N4O4S2. The standard InChI is InChI=1S/C18H18F2N2O3S.C18H18F2N2OS/c19-13-5-2-6-14(8-13)26(24,25)15-7-11-3-1-4-12(10-22-18(21)23)17(11)16(20)9-15;19-13-5-2-6-14(8-13)24-15-7-11-3-1-4-12(10-22-18(21)23)17(11)16(20)9-15/h2,5-9,12H,1,3-4,10H2,(H3,21,22,23);2,5-9,12H,1,3-4,10H2,(H3,21,22,23)/t2*12-/m00/s1. The highest BCUT2D eigenvalue weighted by atomic mass is 32.2. The van der Waals surface area contributed by atoms with Crippen molar-refractivity contribution in [1.29, 1.82) is 0 Å². The van der Waals surface area contributed by atoms with Gasteiger partial charge in [-0.3, -0.25) is 0 Å². The van der Waals surface area contributed by atoms with E-state index in [0.717, 1.165) is 59.2 Å². The third-order valence-electron chi connectivity index (χ3n) is 8.69. The summed E-state index contributed by atoms with van der Waals surface area (Å²) < 4.78 is 81.5. The Balaban J connectivity index is 0.000000195. The van der Waals surface area contributed by atoms with Crippen molar-refractivity contribution in [1.82, 2.24) is 10.6 Å². The van der Waals surface area contributed by atoms with E-state index in [1.165, 1.54) is 48.2 Å². The molecule has 0 saturated heterocycles. The third-order valence-corrected chi connectivity index (χ3v) is 11.4. The largest absolute Gasteiger partial charge is 0.352 e. The van der Waals surface area contributed by atoms with E-state index < -0.39 is 33.5 Å². The number of sulfone groups is 1. The normalized spacial score (nSPS) is 16.6. The highest BCUT2D eigenvalue weighted by Gasteiger charge is 2.28. The zero-order chi connectivity index (χ0) is 36.0. The molecule has 0 spiro atoms. The number of rotatable bonds is 8. The Morgan fingerprint density at radius 2 is 1.22 bits per heavy atom. The Morgan fingerprint density at radius 3 is 1.78 bits per heavy atom. The maximum atomic E-state index is 14.7. The lowest BCUT2D eigenvalue weighted by atomic mass is 9.82. The first-order chi connectivity index (χ1) is 23.8. The van der Waals surface area contributed by atoms with Gasteiger partial charge in [0, 0.05) is 34.7 Å². The monoisotopic (exact) mass is 728 g/mol.